The third-order valence-corrected chi connectivity index (χ3v) is 5.90. The van der Waals surface area contributed by atoms with E-state index in [0.717, 1.165) is 11.1 Å². The summed E-state index contributed by atoms with van der Waals surface area (Å²) in [4.78, 5) is 17.8. The number of benzene rings is 3. The molecule has 36 heavy (non-hydrogen) atoms. The highest BCUT2D eigenvalue weighted by Crippen LogP contribution is 2.43. The first-order valence-electron chi connectivity index (χ1n) is 11.5. The standard InChI is InChI=1S/C30H24N2O4/c1-20-12-14-22(15-13-20)28(33)26-27(32(30(35)29(26)34)19-21-7-6-16-31-18-21)23-8-5-11-25(17-23)36-24-9-3-2-4-10-24/h2-18,34-35H,19H2,1H3. The fraction of sp³-hybridized carbons (Fsp3) is 0.0667. The minimum atomic E-state index is -0.464. The molecule has 0 radical (unpaired) electrons. The van der Waals surface area contributed by atoms with Crippen molar-refractivity contribution in [3.05, 3.63) is 126 Å². The molecule has 0 atom stereocenters. The van der Waals surface area contributed by atoms with Crippen LogP contribution in [0.2, 0.25) is 0 Å². The van der Waals surface area contributed by atoms with E-state index in [1.807, 2.05) is 73.7 Å². The lowest BCUT2D eigenvalue weighted by molar-refractivity contribution is 0.103. The largest absolute Gasteiger partial charge is 0.503 e. The lowest BCUT2D eigenvalue weighted by atomic mass is 9.98. The summed E-state index contributed by atoms with van der Waals surface area (Å²) >= 11 is 0. The number of carbonyl (C=O) groups excluding carboxylic acids is 1. The van der Waals surface area contributed by atoms with Crippen LogP contribution in [0, 0.1) is 6.92 Å². The number of rotatable bonds is 7. The molecule has 0 aliphatic rings. The fourth-order valence-corrected chi connectivity index (χ4v) is 4.12. The smallest absolute Gasteiger partial charge is 0.236 e. The van der Waals surface area contributed by atoms with Crippen LogP contribution in [0.15, 0.2) is 103 Å². The van der Waals surface area contributed by atoms with Gasteiger partial charge in [0, 0.05) is 23.5 Å². The Bertz CT molecular complexity index is 1510. The maximum atomic E-state index is 13.6. The zero-order valence-corrected chi connectivity index (χ0v) is 19.6. The van der Waals surface area contributed by atoms with Gasteiger partial charge in [-0.05, 0) is 42.8 Å². The monoisotopic (exact) mass is 476 g/mol. The Labute approximate surface area is 208 Å². The molecule has 0 amide bonds. The molecule has 2 heterocycles. The van der Waals surface area contributed by atoms with Gasteiger partial charge >= 0.3 is 0 Å². The van der Waals surface area contributed by atoms with Gasteiger partial charge in [0.1, 0.15) is 11.5 Å². The molecule has 5 rings (SSSR count). The van der Waals surface area contributed by atoms with E-state index in [9.17, 15) is 15.0 Å². The quantitative estimate of drug-likeness (QED) is 0.268. The average Bonchev–Trinajstić information content (AvgIpc) is 3.15. The van der Waals surface area contributed by atoms with E-state index < -0.39 is 17.4 Å². The second-order valence-electron chi connectivity index (χ2n) is 8.48. The molecule has 178 valence electrons. The maximum absolute atomic E-state index is 13.6. The Kier molecular flexibility index (Phi) is 6.24. The van der Waals surface area contributed by atoms with Gasteiger partial charge in [-0.3, -0.25) is 9.78 Å². The Balaban J connectivity index is 1.66. The number of hydrogen-bond donors (Lipinski definition) is 2. The molecule has 6 heteroatoms. The molecular weight excluding hydrogens is 452 g/mol. The van der Waals surface area contributed by atoms with Gasteiger partial charge in [-0.2, -0.15) is 0 Å². The van der Waals surface area contributed by atoms with Gasteiger partial charge in [-0.25, -0.2) is 0 Å². The average molecular weight is 477 g/mol. The van der Waals surface area contributed by atoms with Crippen LogP contribution < -0.4 is 4.74 Å². The van der Waals surface area contributed by atoms with Crippen LogP contribution in [0.5, 0.6) is 23.1 Å². The van der Waals surface area contributed by atoms with E-state index in [2.05, 4.69) is 4.98 Å². The van der Waals surface area contributed by atoms with E-state index >= 15 is 0 Å². The summed E-state index contributed by atoms with van der Waals surface area (Å²) in [7, 11) is 0. The molecule has 0 saturated heterocycles. The van der Waals surface area contributed by atoms with E-state index in [0.29, 0.717) is 28.3 Å². The number of nitrogens with zero attached hydrogens (tertiary/aromatic N) is 2. The number of pyridine rings is 1. The number of carbonyl (C=O) groups is 1. The van der Waals surface area contributed by atoms with E-state index in [1.165, 1.54) is 4.57 Å². The summed E-state index contributed by atoms with van der Waals surface area (Å²) < 4.78 is 7.53. The van der Waals surface area contributed by atoms with Gasteiger partial charge in [0.2, 0.25) is 5.88 Å². The van der Waals surface area contributed by atoms with Crippen LogP contribution in [0.4, 0.5) is 0 Å². The van der Waals surface area contributed by atoms with E-state index in [1.54, 1.807) is 36.7 Å². The molecule has 6 nitrogen and oxygen atoms in total. The minimum Gasteiger partial charge on any atom is -0.503 e. The van der Waals surface area contributed by atoms with Gasteiger partial charge in [0.05, 0.1) is 17.8 Å². The Morgan fingerprint density at radius 3 is 2.36 bits per heavy atom. The summed E-state index contributed by atoms with van der Waals surface area (Å²) in [5.41, 5.74) is 3.25. The van der Waals surface area contributed by atoms with Crippen LogP contribution in [0.3, 0.4) is 0 Å². The maximum Gasteiger partial charge on any atom is 0.236 e. The molecule has 0 aliphatic heterocycles. The van der Waals surface area contributed by atoms with E-state index in [4.69, 9.17) is 4.74 Å². The summed E-state index contributed by atoms with van der Waals surface area (Å²) in [6.45, 7) is 2.14. The lowest BCUT2D eigenvalue weighted by Crippen LogP contribution is -2.07. The number of aryl methyl sites for hydroxylation is 1. The summed E-state index contributed by atoms with van der Waals surface area (Å²) in [6, 6.07) is 27.4. The third-order valence-electron chi connectivity index (χ3n) is 5.90. The second kappa shape index (κ2) is 9.80. The first-order chi connectivity index (χ1) is 17.5. The predicted octanol–water partition coefficient (Wildman–Crippen LogP) is 6.34. The highest BCUT2D eigenvalue weighted by atomic mass is 16.5. The summed E-state index contributed by atoms with van der Waals surface area (Å²) in [6.07, 6.45) is 3.34. The number of para-hydroxylation sites is 1. The van der Waals surface area contributed by atoms with Crippen LogP contribution in [0.1, 0.15) is 27.0 Å². The SMILES string of the molecule is Cc1ccc(C(=O)c2c(O)c(O)n(Cc3cccnc3)c2-c2cccc(Oc3ccccc3)c2)cc1. The molecule has 2 aromatic heterocycles. The van der Waals surface area contributed by atoms with Crippen LogP contribution in [-0.4, -0.2) is 25.5 Å². The molecule has 0 saturated carbocycles. The number of aromatic hydroxyl groups is 2. The van der Waals surface area contributed by atoms with Crippen molar-refractivity contribution in [2.24, 2.45) is 0 Å². The second-order valence-corrected chi connectivity index (χ2v) is 8.48. The van der Waals surface area contributed by atoms with Crippen molar-refractivity contribution < 1.29 is 19.7 Å². The molecular formula is C30H24N2O4. The molecule has 3 aromatic carbocycles. The Morgan fingerprint density at radius 2 is 1.64 bits per heavy atom. The van der Waals surface area contributed by atoms with Crippen molar-refractivity contribution in [3.63, 3.8) is 0 Å². The topological polar surface area (TPSA) is 84.6 Å². The lowest BCUT2D eigenvalue weighted by Gasteiger charge is -2.13. The highest BCUT2D eigenvalue weighted by Gasteiger charge is 2.29. The van der Waals surface area contributed by atoms with Crippen molar-refractivity contribution in [3.8, 4) is 34.4 Å². The first-order valence-corrected chi connectivity index (χ1v) is 11.5. The van der Waals surface area contributed by atoms with Crippen molar-refractivity contribution in [2.45, 2.75) is 13.5 Å². The van der Waals surface area contributed by atoms with Gasteiger partial charge in [-0.1, -0.05) is 66.2 Å². The van der Waals surface area contributed by atoms with E-state index in [-0.39, 0.29) is 12.1 Å². The van der Waals surface area contributed by atoms with Gasteiger partial charge in [-0.15, -0.1) is 0 Å². The zero-order chi connectivity index (χ0) is 25.1. The Hall–Kier alpha value is -4.84. The Morgan fingerprint density at radius 1 is 0.889 bits per heavy atom. The molecule has 0 unspecified atom stereocenters. The van der Waals surface area contributed by atoms with Crippen molar-refractivity contribution in [2.75, 3.05) is 0 Å². The fourth-order valence-electron chi connectivity index (χ4n) is 4.12. The normalized spacial score (nSPS) is 10.8. The third kappa shape index (κ3) is 4.57. The molecule has 0 fully saturated rings. The number of ether oxygens (including phenoxy) is 1. The van der Waals surface area contributed by atoms with Crippen LogP contribution in [0.25, 0.3) is 11.3 Å². The summed E-state index contributed by atoms with van der Waals surface area (Å²) in [5, 5.41) is 22.0. The molecule has 2 N–H and O–H groups in total. The van der Waals surface area contributed by atoms with Gasteiger partial charge < -0.3 is 19.5 Å². The summed E-state index contributed by atoms with van der Waals surface area (Å²) in [5.74, 6) is -0.0211. The minimum absolute atomic E-state index is 0.0251. The number of ketones is 1. The predicted molar refractivity (Wildman–Crippen MR) is 138 cm³/mol. The zero-order valence-electron chi connectivity index (χ0n) is 19.6. The van der Waals surface area contributed by atoms with Crippen molar-refractivity contribution in [1.29, 1.82) is 0 Å². The molecule has 0 aliphatic carbocycles. The van der Waals surface area contributed by atoms with Crippen LogP contribution in [-0.2, 0) is 6.54 Å². The first kappa shape index (κ1) is 22.9. The van der Waals surface area contributed by atoms with Crippen molar-refractivity contribution >= 4 is 5.78 Å². The molecule has 0 spiro atoms. The number of aromatic nitrogens is 2. The van der Waals surface area contributed by atoms with Crippen molar-refractivity contribution in [1.82, 2.24) is 9.55 Å². The van der Waals surface area contributed by atoms with Gasteiger partial charge in [0.25, 0.3) is 0 Å². The molecule has 5 aromatic rings. The highest BCUT2D eigenvalue weighted by molar-refractivity contribution is 6.15. The van der Waals surface area contributed by atoms with Gasteiger partial charge in [0.15, 0.2) is 11.5 Å². The molecule has 0 bridgehead atoms. The number of hydrogen-bond acceptors (Lipinski definition) is 5. The van der Waals surface area contributed by atoms with Crippen LogP contribution >= 0.6 is 0 Å².